The van der Waals surface area contributed by atoms with Crippen molar-refractivity contribution >= 4 is 40.0 Å². The third kappa shape index (κ3) is 5.79. The quantitative estimate of drug-likeness (QED) is 0.546. The molecule has 2 aromatic rings. The molecule has 6 nitrogen and oxygen atoms in total. The Morgan fingerprint density at radius 1 is 1.31 bits per heavy atom. The van der Waals surface area contributed by atoms with Gasteiger partial charge in [-0.2, -0.15) is 5.26 Å². The molecule has 1 aromatic heterocycles. The lowest BCUT2D eigenvalue weighted by Crippen LogP contribution is -2.30. The molecule has 0 spiro atoms. The predicted molar refractivity (Wildman–Crippen MR) is 102 cm³/mol. The standard InChI is InChI=1S/C18H18N2O4S2/c1-3-23-14-4-6-15(7-5-14)26-11-16(21)24-12(2)17(22)20-18-13(10-19)8-9-25-18/h4-9,12H,3,11H2,1-2H3,(H,20,22)/t12-/m1/s1. The second-order valence-electron chi connectivity index (χ2n) is 5.09. The maximum Gasteiger partial charge on any atom is 0.317 e. The molecule has 0 saturated carbocycles. The van der Waals surface area contributed by atoms with Gasteiger partial charge in [0.25, 0.3) is 5.91 Å². The number of benzene rings is 1. The van der Waals surface area contributed by atoms with Crippen LogP contribution in [0.5, 0.6) is 5.75 Å². The van der Waals surface area contributed by atoms with E-state index in [9.17, 15) is 9.59 Å². The molecule has 0 saturated heterocycles. The van der Waals surface area contributed by atoms with Gasteiger partial charge in [-0.1, -0.05) is 0 Å². The molecule has 1 aromatic carbocycles. The lowest BCUT2D eigenvalue weighted by molar-refractivity contribution is -0.150. The largest absolute Gasteiger partial charge is 0.494 e. The first-order valence-corrected chi connectivity index (χ1v) is 9.73. The third-order valence-electron chi connectivity index (χ3n) is 3.19. The van der Waals surface area contributed by atoms with Crippen molar-refractivity contribution < 1.29 is 19.1 Å². The van der Waals surface area contributed by atoms with Gasteiger partial charge in [-0.15, -0.1) is 23.1 Å². The van der Waals surface area contributed by atoms with Gasteiger partial charge in [-0.05, 0) is 49.6 Å². The normalized spacial score (nSPS) is 11.3. The zero-order valence-corrected chi connectivity index (χ0v) is 16.0. The molecule has 8 heteroatoms. The summed E-state index contributed by atoms with van der Waals surface area (Å²) < 4.78 is 10.5. The lowest BCUT2D eigenvalue weighted by Gasteiger charge is -2.13. The van der Waals surface area contributed by atoms with Crippen LogP contribution in [0.1, 0.15) is 19.4 Å². The molecule has 136 valence electrons. The number of anilines is 1. The van der Waals surface area contributed by atoms with Crippen LogP contribution in [0.4, 0.5) is 5.00 Å². The second-order valence-corrected chi connectivity index (χ2v) is 7.05. The fourth-order valence-corrected chi connectivity index (χ4v) is 3.35. The maximum absolute atomic E-state index is 12.1. The van der Waals surface area contributed by atoms with E-state index in [1.54, 1.807) is 11.4 Å². The van der Waals surface area contributed by atoms with Gasteiger partial charge in [-0.3, -0.25) is 9.59 Å². The van der Waals surface area contributed by atoms with Crippen molar-refractivity contribution in [2.24, 2.45) is 0 Å². The van der Waals surface area contributed by atoms with Crippen LogP contribution < -0.4 is 10.1 Å². The Kier molecular flexibility index (Phi) is 7.51. The van der Waals surface area contributed by atoms with Crippen LogP contribution in [-0.2, 0) is 14.3 Å². The van der Waals surface area contributed by atoms with Crippen molar-refractivity contribution in [1.29, 1.82) is 5.26 Å². The Morgan fingerprint density at radius 2 is 2.04 bits per heavy atom. The van der Waals surface area contributed by atoms with Crippen molar-refractivity contribution in [3.63, 3.8) is 0 Å². The Balaban J connectivity index is 1.79. The number of nitriles is 1. The van der Waals surface area contributed by atoms with Crippen LogP contribution in [0.3, 0.4) is 0 Å². The Morgan fingerprint density at radius 3 is 2.69 bits per heavy atom. The Labute approximate surface area is 160 Å². The minimum Gasteiger partial charge on any atom is -0.494 e. The highest BCUT2D eigenvalue weighted by Crippen LogP contribution is 2.23. The fraction of sp³-hybridized carbons (Fsp3) is 0.278. The fourth-order valence-electron chi connectivity index (χ4n) is 1.93. The van der Waals surface area contributed by atoms with Crippen molar-refractivity contribution in [3.8, 4) is 11.8 Å². The minimum absolute atomic E-state index is 0.0913. The lowest BCUT2D eigenvalue weighted by atomic mass is 10.3. The van der Waals surface area contributed by atoms with Crippen LogP contribution in [0, 0.1) is 11.3 Å². The van der Waals surface area contributed by atoms with Crippen molar-refractivity contribution in [1.82, 2.24) is 0 Å². The number of nitrogens with one attached hydrogen (secondary N) is 1. The molecule has 0 fully saturated rings. The Bertz CT molecular complexity index is 796. The number of carbonyl (C=O) groups excluding carboxylic acids is 2. The zero-order chi connectivity index (χ0) is 18.9. The van der Waals surface area contributed by atoms with E-state index >= 15 is 0 Å². The number of esters is 1. The molecule has 0 aliphatic rings. The molecule has 1 N–H and O–H groups in total. The van der Waals surface area contributed by atoms with Gasteiger partial charge in [0.1, 0.15) is 16.8 Å². The highest BCUT2D eigenvalue weighted by Gasteiger charge is 2.19. The van der Waals surface area contributed by atoms with Gasteiger partial charge in [0.2, 0.25) is 0 Å². The topological polar surface area (TPSA) is 88.4 Å². The van der Waals surface area contributed by atoms with Gasteiger partial charge in [0.15, 0.2) is 6.10 Å². The van der Waals surface area contributed by atoms with Gasteiger partial charge >= 0.3 is 5.97 Å². The molecule has 0 radical (unpaired) electrons. The van der Waals surface area contributed by atoms with Crippen molar-refractivity contribution in [3.05, 3.63) is 41.3 Å². The van der Waals surface area contributed by atoms with E-state index in [1.165, 1.54) is 30.0 Å². The van der Waals surface area contributed by atoms with Gasteiger partial charge in [0.05, 0.1) is 17.9 Å². The molecule has 1 heterocycles. The molecule has 0 bridgehead atoms. The summed E-state index contributed by atoms with van der Waals surface area (Å²) >= 11 is 2.56. The molecule has 2 rings (SSSR count). The maximum atomic E-state index is 12.1. The van der Waals surface area contributed by atoms with Crippen molar-refractivity contribution in [2.75, 3.05) is 17.7 Å². The molecular weight excluding hydrogens is 372 g/mol. The van der Waals surface area contributed by atoms with E-state index in [4.69, 9.17) is 14.7 Å². The molecule has 0 aliphatic carbocycles. The first kappa shape index (κ1) is 19.8. The van der Waals surface area contributed by atoms with Crippen LogP contribution >= 0.6 is 23.1 Å². The summed E-state index contributed by atoms with van der Waals surface area (Å²) in [5.41, 5.74) is 0.382. The number of nitrogens with zero attached hydrogens (tertiary/aromatic N) is 1. The number of carbonyl (C=O) groups is 2. The summed E-state index contributed by atoms with van der Waals surface area (Å²) in [6.07, 6.45) is -0.947. The highest BCUT2D eigenvalue weighted by molar-refractivity contribution is 8.00. The smallest absolute Gasteiger partial charge is 0.317 e. The number of hydrogen-bond acceptors (Lipinski definition) is 7. The predicted octanol–water partition coefficient (Wildman–Crippen LogP) is 3.68. The molecule has 1 amide bonds. The van der Waals surface area contributed by atoms with E-state index in [-0.39, 0.29) is 5.75 Å². The molecular formula is C18H18N2O4S2. The van der Waals surface area contributed by atoms with E-state index in [1.807, 2.05) is 37.3 Å². The number of hydrogen-bond donors (Lipinski definition) is 1. The van der Waals surface area contributed by atoms with E-state index < -0.39 is 18.0 Å². The minimum atomic E-state index is -0.947. The average molecular weight is 390 g/mol. The number of rotatable bonds is 8. The van der Waals surface area contributed by atoms with E-state index in [2.05, 4.69) is 5.32 Å². The molecule has 1 atom stereocenters. The van der Waals surface area contributed by atoms with Crippen LogP contribution in [0.25, 0.3) is 0 Å². The van der Waals surface area contributed by atoms with E-state index in [0.29, 0.717) is 17.2 Å². The number of thioether (sulfide) groups is 1. The molecule has 0 aliphatic heterocycles. The van der Waals surface area contributed by atoms with Crippen LogP contribution in [-0.4, -0.2) is 30.3 Å². The summed E-state index contributed by atoms with van der Waals surface area (Å²) in [5, 5.41) is 13.7. The highest BCUT2D eigenvalue weighted by atomic mass is 32.2. The van der Waals surface area contributed by atoms with Gasteiger partial charge in [0, 0.05) is 4.90 Å². The van der Waals surface area contributed by atoms with Crippen molar-refractivity contribution in [2.45, 2.75) is 24.8 Å². The second kappa shape index (κ2) is 9.85. The molecule has 0 unspecified atom stereocenters. The van der Waals surface area contributed by atoms with Crippen LogP contribution in [0.15, 0.2) is 40.6 Å². The summed E-state index contributed by atoms with van der Waals surface area (Å²) in [5.74, 6) is -0.0924. The van der Waals surface area contributed by atoms with E-state index in [0.717, 1.165) is 10.6 Å². The summed E-state index contributed by atoms with van der Waals surface area (Å²) in [6, 6.07) is 11.0. The SMILES string of the molecule is CCOc1ccc(SCC(=O)O[C@H](C)C(=O)Nc2sccc2C#N)cc1. The average Bonchev–Trinajstić information content (AvgIpc) is 3.08. The molecule has 26 heavy (non-hydrogen) atoms. The monoisotopic (exact) mass is 390 g/mol. The first-order valence-electron chi connectivity index (χ1n) is 7.87. The Hall–Kier alpha value is -2.50. The van der Waals surface area contributed by atoms with Gasteiger partial charge in [-0.25, -0.2) is 0 Å². The number of ether oxygens (including phenoxy) is 2. The summed E-state index contributed by atoms with van der Waals surface area (Å²) in [6.45, 7) is 4.00. The third-order valence-corrected chi connectivity index (χ3v) is 5.01. The summed E-state index contributed by atoms with van der Waals surface area (Å²) in [4.78, 5) is 24.9. The zero-order valence-electron chi connectivity index (χ0n) is 14.4. The number of thiophene rings is 1. The number of amides is 1. The summed E-state index contributed by atoms with van der Waals surface area (Å²) in [7, 11) is 0. The van der Waals surface area contributed by atoms with Gasteiger partial charge < -0.3 is 14.8 Å². The van der Waals surface area contributed by atoms with Crippen LogP contribution in [0.2, 0.25) is 0 Å². The first-order chi connectivity index (χ1) is 12.5.